The molecule has 0 amide bonds. The molecule has 15 heavy (non-hydrogen) atoms. The lowest BCUT2D eigenvalue weighted by molar-refractivity contribution is 0.378. The summed E-state index contributed by atoms with van der Waals surface area (Å²) >= 11 is 4.30. The molecule has 1 heterocycles. The van der Waals surface area contributed by atoms with Gasteiger partial charge in [0.1, 0.15) is 0 Å². The van der Waals surface area contributed by atoms with Gasteiger partial charge in [0.05, 0.1) is 0 Å². The van der Waals surface area contributed by atoms with Crippen molar-refractivity contribution in [3.63, 3.8) is 0 Å². The molecule has 0 aromatic carbocycles. The van der Waals surface area contributed by atoms with Gasteiger partial charge in [-0.05, 0) is 19.4 Å². The second kappa shape index (κ2) is 7.86. The van der Waals surface area contributed by atoms with Crippen molar-refractivity contribution < 1.29 is 0 Å². The third-order valence-corrected chi connectivity index (χ3v) is 6.32. The summed E-state index contributed by atoms with van der Waals surface area (Å²) in [6, 6.07) is 0.729. The van der Waals surface area contributed by atoms with Crippen LogP contribution in [0.2, 0.25) is 0 Å². The van der Waals surface area contributed by atoms with E-state index in [-0.39, 0.29) is 0 Å². The number of hydrogen-bond donors (Lipinski definition) is 1. The third-order valence-electron chi connectivity index (χ3n) is 3.40. The molecule has 3 heteroatoms. The molecule has 0 aromatic heterocycles. The fraction of sp³-hybridized carbons (Fsp3) is 1.00. The molecular formula is C12H25NS2. The Hall–Kier alpha value is 0.660. The summed E-state index contributed by atoms with van der Waals surface area (Å²) in [6.07, 6.45) is 4.03. The molecule has 0 spiro atoms. The van der Waals surface area contributed by atoms with E-state index < -0.39 is 0 Å². The van der Waals surface area contributed by atoms with E-state index in [1.54, 1.807) is 0 Å². The van der Waals surface area contributed by atoms with Crippen molar-refractivity contribution in [1.29, 1.82) is 0 Å². The molecule has 1 N–H and O–H groups in total. The average Bonchev–Trinajstić information content (AvgIpc) is 2.32. The van der Waals surface area contributed by atoms with Crippen LogP contribution in [-0.2, 0) is 0 Å². The Balaban J connectivity index is 2.38. The van der Waals surface area contributed by atoms with Crippen molar-refractivity contribution in [3.05, 3.63) is 0 Å². The fourth-order valence-corrected chi connectivity index (χ4v) is 5.12. The smallest absolute Gasteiger partial charge is 0.0291 e. The van der Waals surface area contributed by atoms with Gasteiger partial charge in [-0.15, -0.1) is 0 Å². The molecule has 2 unspecified atom stereocenters. The zero-order valence-electron chi connectivity index (χ0n) is 10.3. The van der Waals surface area contributed by atoms with Crippen LogP contribution in [0.25, 0.3) is 0 Å². The summed E-state index contributed by atoms with van der Waals surface area (Å²) in [4.78, 5) is 0. The SMILES string of the molecule is CCC(CC)CC(NC)C1CSCCS1. The minimum absolute atomic E-state index is 0.729. The molecule has 0 bridgehead atoms. The summed E-state index contributed by atoms with van der Waals surface area (Å²) < 4.78 is 0. The molecular weight excluding hydrogens is 222 g/mol. The normalized spacial score (nSPS) is 24.4. The molecule has 1 fully saturated rings. The van der Waals surface area contributed by atoms with Gasteiger partial charge < -0.3 is 5.32 Å². The zero-order valence-corrected chi connectivity index (χ0v) is 11.9. The number of thioether (sulfide) groups is 2. The van der Waals surface area contributed by atoms with Crippen LogP contribution in [0.15, 0.2) is 0 Å². The van der Waals surface area contributed by atoms with Crippen molar-refractivity contribution in [2.24, 2.45) is 5.92 Å². The van der Waals surface area contributed by atoms with Gasteiger partial charge in [0, 0.05) is 28.6 Å². The Morgan fingerprint density at radius 2 is 2.00 bits per heavy atom. The van der Waals surface area contributed by atoms with Crippen molar-refractivity contribution in [1.82, 2.24) is 5.32 Å². The van der Waals surface area contributed by atoms with Gasteiger partial charge in [-0.3, -0.25) is 0 Å². The van der Waals surface area contributed by atoms with E-state index in [9.17, 15) is 0 Å². The maximum Gasteiger partial charge on any atom is 0.0291 e. The van der Waals surface area contributed by atoms with Crippen molar-refractivity contribution in [3.8, 4) is 0 Å². The van der Waals surface area contributed by atoms with Gasteiger partial charge in [0.2, 0.25) is 0 Å². The van der Waals surface area contributed by atoms with Crippen LogP contribution in [0.3, 0.4) is 0 Å². The fourth-order valence-electron chi connectivity index (χ4n) is 2.17. The topological polar surface area (TPSA) is 12.0 Å². The summed E-state index contributed by atoms with van der Waals surface area (Å²) in [5.41, 5.74) is 0. The quantitative estimate of drug-likeness (QED) is 0.774. The van der Waals surface area contributed by atoms with Crippen LogP contribution in [0, 0.1) is 5.92 Å². The molecule has 1 saturated heterocycles. The van der Waals surface area contributed by atoms with Crippen LogP contribution < -0.4 is 5.32 Å². The zero-order chi connectivity index (χ0) is 11.1. The van der Waals surface area contributed by atoms with Crippen LogP contribution in [0.4, 0.5) is 0 Å². The molecule has 2 atom stereocenters. The molecule has 0 radical (unpaired) electrons. The Morgan fingerprint density at radius 3 is 2.47 bits per heavy atom. The summed E-state index contributed by atoms with van der Waals surface area (Å²) in [5.74, 6) is 4.95. The first-order chi connectivity index (χ1) is 7.31. The lowest BCUT2D eigenvalue weighted by Gasteiger charge is -2.31. The van der Waals surface area contributed by atoms with Gasteiger partial charge in [-0.2, -0.15) is 23.5 Å². The summed E-state index contributed by atoms with van der Waals surface area (Å²) in [5, 5.41) is 4.38. The number of rotatable bonds is 6. The van der Waals surface area contributed by atoms with E-state index >= 15 is 0 Å². The standard InChI is InChI=1S/C12H25NS2/c1-4-10(5-2)8-11(13-3)12-9-14-6-7-15-12/h10-13H,4-9H2,1-3H3. The highest BCUT2D eigenvalue weighted by Gasteiger charge is 2.24. The molecule has 1 nitrogen and oxygen atoms in total. The Morgan fingerprint density at radius 1 is 1.27 bits per heavy atom. The Bertz CT molecular complexity index is 154. The summed E-state index contributed by atoms with van der Waals surface area (Å²) in [7, 11) is 2.13. The van der Waals surface area contributed by atoms with Crippen molar-refractivity contribution in [2.75, 3.05) is 24.3 Å². The van der Waals surface area contributed by atoms with Gasteiger partial charge in [-0.1, -0.05) is 26.7 Å². The highest BCUT2D eigenvalue weighted by Crippen LogP contribution is 2.29. The van der Waals surface area contributed by atoms with Crippen molar-refractivity contribution >= 4 is 23.5 Å². The molecule has 1 rings (SSSR count). The van der Waals surface area contributed by atoms with E-state index in [1.807, 2.05) is 0 Å². The first-order valence-corrected chi connectivity index (χ1v) is 8.38. The van der Waals surface area contributed by atoms with E-state index in [0.29, 0.717) is 0 Å². The molecule has 90 valence electrons. The second-order valence-corrected chi connectivity index (χ2v) is 6.79. The van der Waals surface area contributed by atoms with Crippen LogP contribution in [0.1, 0.15) is 33.1 Å². The molecule has 0 aliphatic carbocycles. The van der Waals surface area contributed by atoms with Gasteiger partial charge in [-0.25, -0.2) is 0 Å². The predicted octanol–water partition coefficient (Wildman–Crippen LogP) is 3.25. The molecule has 0 saturated carbocycles. The highest BCUT2D eigenvalue weighted by atomic mass is 32.2. The van der Waals surface area contributed by atoms with E-state index in [1.165, 1.54) is 36.5 Å². The van der Waals surface area contributed by atoms with E-state index in [2.05, 4.69) is 49.7 Å². The van der Waals surface area contributed by atoms with Crippen molar-refractivity contribution in [2.45, 2.75) is 44.4 Å². The second-order valence-electron chi connectivity index (χ2n) is 4.30. The van der Waals surface area contributed by atoms with E-state index in [4.69, 9.17) is 0 Å². The minimum atomic E-state index is 0.729. The van der Waals surface area contributed by atoms with Gasteiger partial charge in [0.15, 0.2) is 0 Å². The van der Waals surface area contributed by atoms with Gasteiger partial charge in [0.25, 0.3) is 0 Å². The maximum atomic E-state index is 3.54. The Labute approximate surface area is 104 Å². The highest BCUT2D eigenvalue weighted by molar-refractivity contribution is 8.06. The Kier molecular flexibility index (Phi) is 7.19. The third kappa shape index (κ3) is 4.58. The minimum Gasteiger partial charge on any atom is -0.316 e. The summed E-state index contributed by atoms with van der Waals surface area (Å²) in [6.45, 7) is 4.65. The number of hydrogen-bond acceptors (Lipinski definition) is 3. The van der Waals surface area contributed by atoms with Gasteiger partial charge >= 0.3 is 0 Å². The van der Waals surface area contributed by atoms with Crippen LogP contribution in [-0.4, -0.2) is 35.6 Å². The lowest BCUT2D eigenvalue weighted by Crippen LogP contribution is -2.40. The maximum absolute atomic E-state index is 3.54. The molecule has 1 aliphatic rings. The first kappa shape index (κ1) is 13.7. The molecule has 0 aromatic rings. The van der Waals surface area contributed by atoms with E-state index in [0.717, 1.165) is 17.2 Å². The van der Waals surface area contributed by atoms with Crippen LogP contribution in [0.5, 0.6) is 0 Å². The monoisotopic (exact) mass is 247 g/mol. The lowest BCUT2D eigenvalue weighted by atomic mass is 9.93. The van der Waals surface area contributed by atoms with Crippen LogP contribution >= 0.6 is 23.5 Å². The predicted molar refractivity (Wildman–Crippen MR) is 75.1 cm³/mol. The largest absolute Gasteiger partial charge is 0.316 e. The average molecular weight is 247 g/mol. The number of nitrogens with one attached hydrogen (secondary N) is 1. The molecule has 1 aliphatic heterocycles. The first-order valence-electron chi connectivity index (χ1n) is 6.18.